The van der Waals surface area contributed by atoms with Crippen LogP contribution in [0.15, 0.2) is 167 Å². The van der Waals surface area contributed by atoms with Crippen LogP contribution in [0.5, 0.6) is 5.75 Å². The smallest absolute Gasteiger partial charge is 0.335 e. The molecule has 0 atom stereocenters. The van der Waals surface area contributed by atoms with E-state index >= 15 is 0 Å². The van der Waals surface area contributed by atoms with Crippen LogP contribution in [0.1, 0.15) is 43.0 Å². The van der Waals surface area contributed by atoms with Crippen molar-refractivity contribution < 1.29 is 37.9 Å². The van der Waals surface area contributed by atoms with Gasteiger partial charge in [0, 0.05) is 16.8 Å². The molecule has 5 N–H and O–H groups in total. The number of carboxylic acids is 2. The van der Waals surface area contributed by atoms with Crippen LogP contribution in [0.4, 0.5) is 56.9 Å². The Balaban J connectivity index is 1.04. The van der Waals surface area contributed by atoms with Crippen molar-refractivity contribution in [3.63, 3.8) is 0 Å². The van der Waals surface area contributed by atoms with Gasteiger partial charge >= 0.3 is 11.9 Å². The number of benzene rings is 7. The lowest BCUT2D eigenvalue weighted by atomic mass is 10.1. The van der Waals surface area contributed by atoms with Gasteiger partial charge in [0.05, 0.1) is 50.9 Å². The van der Waals surface area contributed by atoms with Crippen molar-refractivity contribution >= 4 is 89.7 Å². The normalized spacial score (nSPS) is 12.0. The van der Waals surface area contributed by atoms with Gasteiger partial charge in [-0.3, -0.25) is 4.55 Å². The van der Waals surface area contributed by atoms with E-state index in [2.05, 4.69) is 46.2 Å². The summed E-state index contributed by atoms with van der Waals surface area (Å²) < 4.78 is 35.1. The molecule has 0 aliphatic heterocycles. The van der Waals surface area contributed by atoms with Gasteiger partial charge in [0.2, 0.25) is 0 Å². The Kier molecular flexibility index (Phi) is 12.5. The lowest BCUT2D eigenvalue weighted by Crippen LogP contribution is -2.01. The molecule has 0 heterocycles. The quantitative estimate of drug-likeness (QED) is 0.0544. The van der Waals surface area contributed by atoms with Crippen LogP contribution in [-0.2, 0) is 10.1 Å². The second kappa shape index (κ2) is 18.3. The Bertz CT molecular complexity index is 3210. The lowest BCUT2D eigenvalue weighted by Gasteiger charge is -2.12. The van der Waals surface area contributed by atoms with Crippen molar-refractivity contribution in [2.75, 3.05) is 5.32 Å². The molecule has 0 bridgehead atoms. The first-order valence-corrected chi connectivity index (χ1v) is 20.7. The van der Waals surface area contributed by atoms with E-state index in [1.807, 2.05) is 37.3 Å². The van der Waals surface area contributed by atoms with E-state index in [0.717, 1.165) is 17.3 Å². The van der Waals surface area contributed by atoms with Crippen LogP contribution in [-0.4, -0.2) is 40.2 Å². The van der Waals surface area contributed by atoms with Gasteiger partial charge in [0.1, 0.15) is 10.6 Å². The van der Waals surface area contributed by atoms with E-state index in [1.165, 1.54) is 18.2 Å². The highest BCUT2D eigenvalue weighted by molar-refractivity contribution is 7.86. The van der Waals surface area contributed by atoms with E-state index in [-0.39, 0.29) is 16.8 Å². The number of hydrogen-bond donors (Lipinski definition) is 5. The molecule has 0 aliphatic carbocycles. The molecule has 0 aliphatic rings. The molecule has 7 aromatic carbocycles. The largest absolute Gasteiger partial charge is 0.505 e. The number of aromatic carboxylic acids is 2. The molecule has 17 nitrogen and oxygen atoms in total. The van der Waals surface area contributed by atoms with Crippen LogP contribution in [0, 0.1) is 27.7 Å². The van der Waals surface area contributed by atoms with Crippen LogP contribution < -0.4 is 5.32 Å². The standard InChI is InChI=1S/C46H37N9O8S/c1-25-17-35(12-14-38(25)51-48-34-11-15-39(26(2)16-34)52-50-36-22-30(45(57)58)20-31(23-36)46(59)60)49-53-40-18-28(4)41(19-27(40)3)54-55-43-42(64(61,62)63)24-29-21-33(10-13-37(29)44(43)56)47-32-8-6-5-7-9-32/h5-24,47,56H,1-4H3,(H,57,58)(H,59,60)(H,61,62,63). The molecule has 0 fully saturated rings. The predicted molar refractivity (Wildman–Crippen MR) is 240 cm³/mol. The number of azo groups is 4. The topological polar surface area (TPSA) is 260 Å². The fraction of sp³-hybridized carbons (Fsp3) is 0.0870. The molecule has 0 saturated carbocycles. The minimum atomic E-state index is -4.83. The van der Waals surface area contributed by atoms with Gasteiger partial charge in [-0.2, -0.15) is 44.2 Å². The minimum absolute atomic E-state index is 0.0779. The number of nitrogens with one attached hydrogen (secondary N) is 1. The molecule has 0 spiro atoms. The molecule has 0 saturated heterocycles. The number of anilines is 2. The second-order valence-electron chi connectivity index (χ2n) is 14.5. The first-order chi connectivity index (χ1) is 30.5. The SMILES string of the molecule is Cc1cc(N=Nc2ccc(N=Nc3cc(C)c(N=Nc4c(S(=O)(=O)O)cc5cc(Nc6ccccc6)ccc5c4O)cc3C)cc2C)ccc1N=Nc1cc(C(=O)O)cc(C(=O)O)c1. The van der Waals surface area contributed by atoms with E-state index in [9.17, 15) is 37.9 Å². The molecule has 0 amide bonds. The predicted octanol–water partition coefficient (Wildman–Crippen LogP) is 13.8. The number of aryl methyl sites for hydroxylation is 4. The van der Waals surface area contributed by atoms with Crippen molar-refractivity contribution in [2.24, 2.45) is 40.9 Å². The number of carbonyl (C=O) groups is 2. The van der Waals surface area contributed by atoms with Crippen molar-refractivity contribution in [1.29, 1.82) is 0 Å². The molecule has 7 aromatic rings. The zero-order valence-electron chi connectivity index (χ0n) is 34.5. The summed E-state index contributed by atoms with van der Waals surface area (Å²) in [5.74, 6) is -3.03. The maximum absolute atomic E-state index is 12.5. The summed E-state index contributed by atoms with van der Waals surface area (Å²) >= 11 is 0. The Morgan fingerprint density at radius 2 is 1.00 bits per heavy atom. The second-order valence-corrected chi connectivity index (χ2v) is 15.9. The zero-order chi connectivity index (χ0) is 45.7. The van der Waals surface area contributed by atoms with Gasteiger partial charge in [0.25, 0.3) is 10.1 Å². The van der Waals surface area contributed by atoms with Crippen molar-refractivity contribution in [1.82, 2.24) is 0 Å². The van der Waals surface area contributed by atoms with Crippen LogP contribution >= 0.6 is 0 Å². The molecular formula is C46H37N9O8S. The van der Waals surface area contributed by atoms with Gasteiger partial charge in [-0.1, -0.05) is 18.2 Å². The minimum Gasteiger partial charge on any atom is -0.505 e. The number of phenolic OH excluding ortho intramolecular Hbond substituents is 1. The number of fused-ring (bicyclic) bond motifs is 1. The summed E-state index contributed by atoms with van der Waals surface area (Å²) in [6, 6.07) is 32.9. The van der Waals surface area contributed by atoms with Gasteiger partial charge in [-0.15, -0.1) is 5.11 Å². The summed E-state index contributed by atoms with van der Waals surface area (Å²) in [6.07, 6.45) is 0. The zero-order valence-corrected chi connectivity index (χ0v) is 35.3. The Labute approximate surface area is 365 Å². The molecule has 7 rings (SSSR count). The van der Waals surface area contributed by atoms with Gasteiger partial charge in [-0.05, 0) is 158 Å². The van der Waals surface area contributed by atoms with E-state index < -0.39 is 38.4 Å². The highest BCUT2D eigenvalue weighted by Gasteiger charge is 2.22. The number of nitrogens with zero attached hydrogens (tertiary/aromatic N) is 8. The summed E-state index contributed by atoms with van der Waals surface area (Å²) in [6.45, 7) is 7.21. The van der Waals surface area contributed by atoms with Crippen LogP contribution in [0.3, 0.4) is 0 Å². The molecule has 64 heavy (non-hydrogen) atoms. The third-order valence-electron chi connectivity index (χ3n) is 9.76. The van der Waals surface area contributed by atoms with Crippen molar-refractivity contribution in [3.05, 3.63) is 155 Å². The Morgan fingerprint density at radius 1 is 0.500 bits per heavy atom. The summed E-state index contributed by atoms with van der Waals surface area (Å²) in [5, 5.41) is 67.9. The van der Waals surface area contributed by atoms with Crippen molar-refractivity contribution in [2.45, 2.75) is 32.6 Å². The average molecular weight is 876 g/mol. The number of phenols is 1. The fourth-order valence-electron chi connectivity index (χ4n) is 6.39. The number of rotatable bonds is 13. The monoisotopic (exact) mass is 875 g/mol. The number of hydrogen-bond acceptors (Lipinski definition) is 14. The van der Waals surface area contributed by atoms with Gasteiger partial charge < -0.3 is 20.6 Å². The van der Waals surface area contributed by atoms with E-state index in [0.29, 0.717) is 67.3 Å². The van der Waals surface area contributed by atoms with Crippen LogP contribution in [0.2, 0.25) is 0 Å². The molecule has 320 valence electrons. The molecule has 18 heteroatoms. The molecule has 0 unspecified atom stereocenters. The Hall–Kier alpha value is -8.35. The third-order valence-corrected chi connectivity index (χ3v) is 10.6. The summed E-state index contributed by atoms with van der Waals surface area (Å²) in [5.41, 5.74) is 6.53. The van der Waals surface area contributed by atoms with Crippen LogP contribution in [0.25, 0.3) is 10.8 Å². The number of carboxylic acid groups (broad SMARTS) is 2. The molecular weight excluding hydrogens is 839 g/mol. The first kappa shape index (κ1) is 43.7. The molecule has 0 aromatic heterocycles. The summed E-state index contributed by atoms with van der Waals surface area (Å²) in [7, 11) is -4.83. The van der Waals surface area contributed by atoms with Gasteiger partial charge in [-0.25, -0.2) is 9.59 Å². The maximum atomic E-state index is 12.5. The first-order valence-electron chi connectivity index (χ1n) is 19.2. The fourth-order valence-corrected chi connectivity index (χ4v) is 7.05. The van der Waals surface area contributed by atoms with Gasteiger partial charge in [0.15, 0.2) is 5.75 Å². The van der Waals surface area contributed by atoms with E-state index in [4.69, 9.17) is 0 Å². The highest BCUT2D eigenvalue weighted by Crippen LogP contribution is 2.43. The third kappa shape index (κ3) is 10.2. The van der Waals surface area contributed by atoms with Crippen molar-refractivity contribution in [3.8, 4) is 5.75 Å². The lowest BCUT2D eigenvalue weighted by molar-refractivity contribution is 0.0696. The molecule has 0 radical (unpaired) electrons. The van der Waals surface area contributed by atoms with E-state index in [1.54, 1.807) is 87.5 Å². The number of aromatic hydroxyl groups is 1. The maximum Gasteiger partial charge on any atom is 0.335 e. The summed E-state index contributed by atoms with van der Waals surface area (Å²) in [4.78, 5) is 22.2. The number of para-hydroxylation sites is 1. The Morgan fingerprint density at radius 3 is 1.52 bits per heavy atom. The highest BCUT2D eigenvalue weighted by atomic mass is 32.2. The average Bonchev–Trinajstić information content (AvgIpc) is 3.25.